The molecule has 1 aromatic heterocycles. The van der Waals surface area contributed by atoms with Crippen LogP contribution >= 0.6 is 0 Å². The summed E-state index contributed by atoms with van der Waals surface area (Å²) in [5.74, 6) is 1.87. The number of hydrogen-bond donors (Lipinski definition) is 0. The van der Waals surface area contributed by atoms with Gasteiger partial charge < -0.3 is 4.74 Å². The summed E-state index contributed by atoms with van der Waals surface area (Å²) in [5.41, 5.74) is 2.61. The van der Waals surface area contributed by atoms with Gasteiger partial charge in [0.15, 0.2) is 0 Å². The van der Waals surface area contributed by atoms with E-state index in [1.54, 1.807) is 0 Å². The Kier molecular flexibility index (Phi) is 1.51. The van der Waals surface area contributed by atoms with Gasteiger partial charge in [-0.3, -0.25) is 9.97 Å². The SMILES string of the molecule is CC1(C)O[C@H]1C1[C@@H]2CC[C@H]1c1nccnc12. The van der Waals surface area contributed by atoms with Crippen molar-refractivity contribution in [1.82, 2.24) is 9.97 Å². The highest BCUT2D eigenvalue weighted by molar-refractivity contribution is 5.35. The van der Waals surface area contributed by atoms with E-state index >= 15 is 0 Å². The van der Waals surface area contributed by atoms with Crippen molar-refractivity contribution >= 4 is 0 Å². The third-order valence-corrected chi connectivity index (χ3v) is 4.58. The van der Waals surface area contributed by atoms with Crippen LogP contribution in [0.15, 0.2) is 12.4 Å². The van der Waals surface area contributed by atoms with Crippen molar-refractivity contribution < 1.29 is 4.74 Å². The van der Waals surface area contributed by atoms with Crippen LogP contribution in [0.5, 0.6) is 0 Å². The van der Waals surface area contributed by atoms with Crippen molar-refractivity contribution in [2.75, 3.05) is 0 Å². The first-order valence-corrected chi connectivity index (χ1v) is 6.17. The fourth-order valence-corrected chi connectivity index (χ4v) is 3.85. The summed E-state index contributed by atoms with van der Waals surface area (Å²) in [6.07, 6.45) is 6.64. The maximum Gasteiger partial charge on any atom is 0.0908 e. The molecule has 4 atom stereocenters. The molecule has 1 aromatic rings. The lowest BCUT2D eigenvalue weighted by molar-refractivity contribution is 0.282. The van der Waals surface area contributed by atoms with Gasteiger partial charge >= 0.3 is 0 Å². The van der Waals surface area contributed by atoms with Crippen molar-refractivity contribution in [3.8, 4) is 0 Å². The largest absolute Gasteiger partial charge is 0.366 e. The van der Waals surface area contributed by atoms with Crippen LogP contribution in [-0.4, -0.2) is 21.7 Å². The summed E-state index contributed by atoms with van der Waals surface area (Å²) in [5, 5.41) is 0. The number of ether oxygens (including phenoxy) is 1. The van der Waals surface area contributed by atoms with Gasteiger partial charge in [-0.15, -0.1) is 0 Å². The second-order valence-electron chi connectivity index (χ2n) is 5.84. The maximum atomic E-state index is 5.84. The first-order chi connectivity index (χ1) is 7.68. The molecular weight excluding hydrogens is 200 g/mol. The molecule has 0 amide bonds. The van der Waals surface area contributed by atoms with Gasteiger partial charge in [0.25, 0.3) is 0 Å². The second-order valence-corrected chi connectivity index (χ2v) is 5.84. The molecule has 2 fully saturated rings. The number of rotatable bonds is 1. The molecule has 3 aliphatic rings. The third kappa shape index (κ3) is 0.975. The Morgan fingerprint density at radius 2 is 1.62 bits per heavy atom. The molecule has 1 saturated heterocycles. The molecule has 1 unspecified atom stereocenters. The molecular formula is C13H16N2O. The first-order valence-electron chi connectivity index (χ1n) is 6.17. The van der Waals surface area contributed by atoms with E-state index in [4.69, 9.17) is 4.74 Å². The van der Waals surface area contributed by atoms with Crippen LogP contribution in [0.25, 0.3) is 0 Å². The molecule has 0 spiro atoms. The summed E-state index contributed by atoms with van der Waals surface area (Å²) >= 11 is 0. The molecule has 3 heteroatoms. The van der Waals surface area contributed by atoms with Crippen molar-refractivity contribution in [3.63, 3.8) is 0 Å². The molecule has 0 N–H and O–H groups in total. The molecule has 0 aromatic carbocycles. The van der Waals surface area contributed by atoms with Crippen molar-refractivity contribution in [3.05, 3.63) is 23.8 Å². The predicted octanol–water partition coefficient (Wildman–Crippen LogP) is 2.24. The van der Waals surface area contributed by atoms with Crippen LogP contribution in [0, 0.1) is 5.92 Å². The monoisotopic (exact) mass is 216 g/mol. The molecule has 2 bridgehead atoms. The lowest BCUT2D eigenvalue weighted by Crippen LogP contribution is -2.17. The summed E-state index contributed by atoms with van der Waals surface area (Å²) in [7, 11) is 0. The number of epoxide rings is 1. The van der Waals surface area contributed by atoms with Gasteiger partial charge in [-0.05, 0) is 26.7 Å². The zero-order chi connectivity index (χ0) is 10.9. The molecule has 16 heavy (non-hydrogen) atoms. The van der Waals surface area contributed by atoms with Crippen molar-refractivity contribution in [2.45, 2.75) is 50.2 Å². The minimum Gasteiger partial charge on any atom is -0.366 e. The average Bonchev–Trinajstić information content (AvgIpc) is 2.68. The Balaban J connectivity index is 1.76. The van der Waals surface area contributed by atoms with Crippen LogP contribution in [0.3, 0.4) is 0 Å². The Morgan fingerprint density at radius 1 is 1.12 bits per heavy atom. The van der Waals surface area contributed by atoms with E-state index in [1.165, 1.54) is 24.2 Å². The molecule has 1 saturated carbocycles. The Hall–Kier alpha value is -0.960. The average molecular weight is 216 g/mol. The smallest absolute Gasteiger partial charge is 0.0908 e. The van der Waals surface area contributed by atoms with E-state index < -0.39 is 0 Å². The molecule has 84 valence electrons. The highest BCUT2D eigenvalue weighted by atomic mass is 16.6. The van der Waals surface area contributed by atoms with Gasteiger partial charge in [-0.1, -0.05) is 0 Å². The molecule has 0 radical (unpaired) electrons. The zero-order valence-electron chi connectivity index (χ0n) is 9.68. The Morgan fingerprint density at radius 3 is 2.06 bits per heavy atom. The summed E-state index contributed by atoms with van der Waals surface area (Å²) < 4.78 is 5.84. The second kappa shape index (κ2) is 2.65. The normalized spacial score (nSPS) is 42.1. The summed E-state index contributed by atoms with van der Waals surface area (Å²) in [6, 6.07) is 0. The number of nitrogens with zero attached hydrogens (tertiary/aromatic N) is 2. The Labute approximate surface area is 95.3 Å². The van der Waals surface area contributed by atoms with Gasteiger partial charge in [0, 0.05) is 30.1 Å². The van der Waals surface area contributed by atoms with Gasteiger partial charge in [0.05, 0.1) is 23.1 Å². The first kappa shape index (κ1) is 9.11. The van der Waals surface area contributed by atoms with Crippen molar-refractivity contribution in [1.29, 1.82) is 0 Å². The van der Waals surface area contributed by atoms with E-state index in [2.05, 4.69) is 23.8 Å². The van der Waals surface area contributed by atoms with Gasteiger partial charge in [0.1, 0.15) is 0 Å². The van der Waals surface area contributed by atoms with Crippen LogP contribution in [0.2, 0.25) is 0 Å². The van der Waals surface area contributed by atoms with E-state index in [-0.39, 0.29) is 5.60 Å². The Bertz CT molecular complexity index is 426. The number of fused-ring (bicyclic) bond motifs is 5. The lowest BCUT2D eigenvalue weighted by Gasteiger charge is -2.12. The lowest BCUT2D eigenvalue weighted by atomic mass is 9.87. The molecule has 2 aliphatic carbocycles. The fourth-order valence-electron chi connectivity index (χ4n) is 3.85. The van der Waals surface area contributed by atoms with E-state index in [0.29, 0.717) is 23.9 Å². The van der Waals surface area contributed by atoms with Gasteiger partial charge in [-0.25, -0.2) is 0 Å². The van der Waals surface area contributed by atoms with Crippen LogP contribution < -0.4 is 0 Å². The molecule has 4 rings (SSSR count). The maximum absolute atomic E-state index is 5.84. The molecule has 2 heterocycles. The van der Waals surface area contributed by atoms with Crippen LogP contribution in [-0.2, 0) is 4.74 Å². The predicted molar refractivity (Wildman–Crippen MR) is 59.2 cm³/mol. The standard InChI is InChI=1S/C13H16N2O/c1-13(2)12(16-13)9-7-3-4-8(9)11-10(7)14-5-6-15-11/h5-9,12H,3-4H2,1-2H3/t7-,8+,9?,12-/m0/s1. The van der Waals surface area contributed by atoms with Crippen LogP contribution in [0.1, 0.15) is 49.9 Å². The van der Waals surface area contributed by atoms with Crippen LogP contribution in [0.4, 0.5) is 0 Å². The molecule has 1 aliphatic heterocycles. The summed E-state index contributed by atoms with van der Waals surface area (Å²) in [4.78, 5) is 9.06. The van der Waals surface area contributed by atoms with E-state index in [1.807, 2.05) is 12.4 Å². The fraction of sp³-hybridized carbons (Fsp3) is 0.692. The highest BCUT2D eigenvalue weighted by Gasteiger charge is 2.62. The third-order valence-electron chi connectivity index (χ3n) is 4.58. The summed E-state index contributed by atoms with van der Waals surface area (Å²) in [6.45, 7) is 4.39. The van der Waals surface area contributed by atoms with Crippen molar-refractivity contribution in [2.24, 2.45) is 5.92 Å². The van der Waals surface area contributed by atoms with E-state index in [0.717, 1.165) is 0 Å². The minimum atomic E-state index is 0.0908. The van der Waals surface area contributed by atoms with Gasteiger partial charge in [-0.2, -0.15) is 0 Å². The minimum absolute atomic E-state index is 0.0908. The van der Waals surface area contributed by atoms with Gasteiger partial charge in [0.2, 0.25) is 0 Å². The topological polar surface area (TPSA) is 38.3 Å². The highest BCUT2D eigenvalue weighted by Crippen LogP contribution is 2.62. The number of hydrogen-bond acceptors (Lipinski definition) is 3. The number of aromatic nitrogens is 2. The molecule has 3 nitrogen and oxygen atoms in total. The van der Waals surface area contributed by atoms with E-state index in [9.17, 15) is 0 Å². The quantitative estimate of drug-likeness (QED) is 0.676. The zero-order valence-corrected chi connectivity index (χ0v) is 9.68.